The van der Waals surface area contributed by atoms with Gasteiger partial charge in [0.25, 0.3) is 0 Å². The number of hydrogen-bond donors (Lipinski definition) is 1. The normalized spacial score (nSPS) is 48.1. The van der Waals surface area contributed by atoms with Gasteiger partial charge in [-0.2, -0.15) is 0 Å². The van der Waals surface area contributed by atoms with Crippen LogP contribution in [0.2, 0.25) is 0 Å². The van der Waals surface area contributed by atoms with Crippen LogP contribution in [0.4, 0.5) is 0 Å². The molecule has 0 spiro atoms. The molecule has 1 heterocycles. The number of carbonyl (C=O) groups is 2. The molecule has 5 fully saturated rings. The van der Waals surface area contributed by atoms with Crippen molar-refractivity contribution >= 4 is 11.9 Å². The summed E-state index contributed by atoms with van der Waals surface area (Å²) in [6, 6.07) is -0.219. The van der Waals surface area contributed by atoms with Crippen molar-refractivity contribution in [3.05, 3.63) is 0 Å². The second kappa shape index (κ2) is 5.45. The van der Waals surface area contributed by atoms with Crippen LogP contribution in [0.3, 0.4) is 0 Å². The molecule has 1 aliphatic heterocycles. The van der Waals surface area contributed by atoms with Crippen LogP contribution in [0.25, 0.3) is 0 Å². The number of aliphatic carboxylic acids is 1. The van der Waals surface area contributed by atoms with Crippen molar-refractivity contribution in [2.75, 3.05) is 13.7 Å². The summed E-state index contributed by atoms with van der Waals surface area (Å²) in [5.41, 5.74) is 0.307. The molecule has 4 saturated carbocycles. The van der Waals surface area contributed by atoms with Gasteiger partial charge in [0, 0.05) is 19.7 Å². The van der Waals surface area contributed by atoms with E-state index >= 15 is 0 Å². The Morgan fingerprint density at radius 1 is 1.12 bits per heavy atom. The maximum atomic E-state index is 13.7. The summed E-state index contributed by atoms with van der Waals surface area (Å²) in [5.74, 6) is 0.0535. The minimum atomic E-state index is -0.830. The second-order valence-corrected chi connectivity index (χ2v) is 10.2. The van der Waals surface area contributed by atoms with Gasteiger partial charge in [-0.25, -0.2) is 0 Å². The molecular weight excluding hydrogens is 318 g/mol. The molecule has 4 unspecified atom stereocenters. The lowest BCUT2D eigenvalue weighted by molar-refractivity contribution is -0.180. The number of carboxylic acids is 1. The van der Waals surface area contributed by atoms with Crippen LogP contribution >= 0.6 is 0 Å². The van der Waals surface area contributed by atoms with Crippen LogP contribution in [0.15, 0.2) is 0 Å². The predicted molar refractivity (Wildman–Crippen MR) is 93.0 cm³/mol. The first-order valence-corrected chi connectivity index (χ1v) is 9.72. The molecule has 140 valence electrons. The molecule has 1 saturated heterocycles. The first-order chi connectivity index (χ1) is 11.7. The summed E-state index contributed by atoms with van der Waals surface area (Å²) in [6.07, 6.45) is 7.37. The van der Waals surface area contributed by atoms with Gasteiger partial charge >= 0.3 is 5.97 Å². The Kier molecular flexibility index (Phi) is 3.77. The van der Waals surface area contributed by atoms with E-state index in [1.807, 2.05) is 4.90 Å². The van der Waals surface area contributed by atoms with Gasteiger partial charge in [0.15, 0.2) is 0 Å². The molecule has 0 aromatic rings. The molecule has 0 aromatic heterocycles. The summed E-state index contributed by atoms with van der Waals surface area (Å²) < 4.78 is 5.48. The topological polar surface area (TPSA) is 66.8 Å². The van der Waals surface area contributed by atoms with Gasteiger partial charge in [-0.15, -0.1) is 0 Å². The summed E-state index contributed by atoms with van der Waals surface area (Å²) >= 11 is 0. The number of ether oxygens (including phenoxy) is 1. The molecule has 1 N–H and O–H groups in total. The highest BCUT2D eigenvalue weighted by molar-refractivity contribution is 5.85. The zero-order valence-electron chi connectivity index (χ0n) is 15.7. The molecule has 4 bridgehead atoms. The van der Waals surface area contributed by atoms with Crippen LogP contribution < -0.4 is 0 Å². The summed E-state index contributed by atoms with van der Waals surface area (Å²) in [6.45, 7) is 5.29. The number of likely N-dealkylation sites (tertiary alicyclic amines) is 1. The molecule has 4 aliphatic carbocycles. The van der Waals surface area contributed by atoms with Gasteiger partial charge in [0.05, 0.1) is 17.9 Å². The van der Waals surface area contributed by atoms with Crippen molar-refractivity contribution in [3.63, 3.8) is 0 Å². The Hall–Kier alpha value is -1.10. The minimum Gasteiger partial charge on any atom is -0.481 e. The molecule has 5 heteroatoms. The lowest BCUT2D eigenvalue weighted by atomic mass is 9.40. The van der Waals surface area contributed by atoms with E-state index in [0.29, 0.717) is 18.9 Å². The fourth-order valence-electron chi connectivity index (χ4n) is 7.68. The first kappa shape index (κ1) is 17.3. The van der Waals surface area contributed by atoms with Crippen LogP contribution in [-0.4, -0.2) is 47.7 Å². The lowest BCUT2D eigenvalue weighted by Crippen LogP contribution is -2.61. The maximum absolute atomic E-state index is 13.7. The summed E-state index contributed by atoms with van der Waals surface area (Å²) in [7, 11) is 1.66. The largest absolute Gasteiger partial charge is 0.481 e. The van der Waals surface area contributed by atoms with Gasteiger partial charge in [0.2, 0.25) is 5.91 Å². The Balaban J connectivity index is 1.62. The fraction of sp³-hybridized carbons (Fsp3) is 0.900. The Morgan fingerprint density at radius 2 is 1.76 bits per heavy atom. The third-order valence-electron chi connectivity index (χ3n) is 7.46. The molecule has 0 radical (unpaired) electrons. The highest BCUT2D eigenvalue weighted by Crippen LogP contribution is 2.70. The van der Waals surface area contributed by atoms with E-state index in [0.717, 1.165) is 19.3 Å². The van der Waals surface area contributed by atoms with Gasteiger partial charge in [-0.1, -0.05) is 13.8 Å². The third-order valence-corrected chi connectivity index (χ3v) is 7.46. The van der Waals surface area contributed by atoms with Crippen molar-refractivity contribution in [1.82, 2.24) is 4.90 Å². The van der Waals surface area contributed by atoms with Crippen LogP contribution in [0.5, 0.6) is 0 Å². The molecule has 25 heavy (non-hydrogen) atoms. The van der Waals surface area contributed by atoms with E-state index in [1.165, 1.54) is 19.3 Å². The number of hydrogen-bond acceptors (Lipinski definition) is 3. The van der Waals surface area contributed by atoms with Crippen molar-refractivity contribution in [2.24, 2.45) is 22.2 Å². The smallest absolute Gasteiger partial charge is 0.305 e. The molecule has 5 nitrogen and oxygen atoms in total. The monoisotopic (exact) mass is 349 g/mol. The number of nitrogens with zero attached hydrogens (tertiary/aromatic N) is 1. The predicted octanol–water partition coefficient (Wildman–Crippen LogP) is 3.07. The lowest BCUT2D eigenvalue weighted by Gasteiger charge is -2.65. The quantitative estimate of drug-likeness (QED) is 0.847. The first-order valence-electron chi connectivity index (χ1n) is 9.72. The molecule has 0 aromatic carbocycles. The molecule has 5 rings (SSSR count). The van der Waals surface area contributed by atoms with Crippen molar-refractivity contribution in [1.29, 1.82) is 0 Å². The van der Waals surface area contributed by atoms with E-state index in [-0.39, 0.29) is 40.7 Å². The molecule has 5 aliphatic rings. The van der Waals surface area contributed by atoms with Crippen molar-refractivity contribution < 1.29 is 19.4 Å². The summed E-state index contributed by atoms with van der Waals surface area (Å²) in [5, 5.41) is 9.27. The summed E-state index contributed by atoms with van der Waals surface area (Å²) in [4.78, 5) is 26.9. The van der Waals surface area contributed by atoms with Crippen LogP contribution in [0, 0.1) is 22.2 Å². The zero-order valence-corrected chi connectivity index (χ0v) is 15.7. The van der Waals surface area contributed by atoms with E-state index < -0.39 is 5.97 Å². The average molecular weight is 349 g/mol. The number of carbonyl (C=O) groups excluding carboxylic acids is 1. The third kappa shape index (κ3) is 2.79. The zero-order chi connectivity index (χ0) is 18.0. The van der Waals surface area contributed by atoms with Crippen molar-refractivity contribution in [3.8, 4) is 0 Å². The van der Waals surface area contributed by atoms with Gasteiger partial charge in [0.1, 0.15) is 0 Å². The fourth-order valence-corrected chi connectivity index (χ4v) is 7.68. The Bertz CT molecular complexity index is 585. The maximum Gasteiger partial charge on any atom is 0.305 e. The van der Waals surface area contributed by atoms with E-state index in [4.69, 9.17) is 4.74 Å². The van der Waals surface area contributed by atoms with E-state index in [1.54, 1.807) is 7.11 Å². The highest BCUT2D eigenvalue weighted by Gasteiger charge is 2.64. The van der Waals surface area contributed by atoms with Crippen LogP contribution in [0.1, 0.15) is 65.2 Å². The Labute approximate surface area is 150 Å². The second-order valence-electron chi connectivity index (χ2n) is 10.2. The van der Waals surface area contributed by atoms with Gasteiger partial charge in [-0.3, -0.25) is 9.59 Å². The number of rotatable bonds is 4. The standard InChI is InChI=1S/C20H31NO4/c1-18-6-13-7-19(2,10-18)12-20(8-13,11-18)17(24)21-9-15(25-3)4-14(21)5-16(22)23/h13-15H,4-12H2,1-3H3,(H,22,23). The SMILES string of the molecule is COC1CC(CC(=O)O)N(C(=O)C23CC4CC(C)(CC(C)(C4)C2)C3)C1. The van der Waals surface area contributed by atoms with Crippen molar-refractivity contribution in [2.45, 2.75) is 77.4 Å². The number of amides is 1. The van der Waals surface area contributed by atoms with Gasteiger partial charge < -0.3 is 14.7 Å². The van der Waals surface area contributed by atoms with E-state index in [9.17, 15) is 14.7 Å². The molecular formula is C20H31NO4. The highest BCUT2D eigenvalue weighted by atomic mass is 16.5. The minimum absolute atomic E-state index is 0.0274. The number of carboxylic acid groups (broad SMARTS) is 1. The Morgan fingerprint density at radius 3 is 2.28 bits per heavy atom. The average Bonchev–Trinajstić information content (AvgIpc) is 2.84. The number of methoxy groups -OCH3 is 1. The molecule has 1 amide bonds. The van der Waals surface area contributed by atoms with E-state index in [2.05, 4.69) is 13.8 Å². The molecule has 4 atom stereocenters. The van der Waals surface area contributed by atoms with Gasteiger partial charge in [-0.05, 0) is 61.7 Å². The van der Waals surface area contributed by atoms with Crippen LogP contribution in [-0.2, 0) is 14.3 Å².